The van der Waals surface area contributed by atoms with Crippen LogP contribution in [-0.2, 0) is 0 Å². The van der Waals surface area contributed by atoms with Crippen molar-refractivity contribution < 1.29 is 0 Å². The summed E-state index contributed by atoms with van der Waals surface area (Å²) in [5.41, 5.74) is 0. The van der Waals surface area contributed by atoms with E-state index in [-0.39, 0.29) is 0 Å². The van der Waals surface area contributed by atoms with Crippen molar-refractivity contribution in [2.75, 3.05) is 30.3 Å². The Morgan fingerprint density at radius 1 is 0.917 bits per heavy atom. The molecule has 0 N–H and O–H groups in total. The first kappa shape index (κ1) is 12.3. The van der Waals surface area contributed by atoms with E-state index in [0.29, 0.717) is 0 Å². The third-order valence-electron chi connectivity index (χ3n) is 4.82. The maximum Gasteiger partial charge on any atom is -0.0256 e. The third-order valence-corrected chi connectivity index (χ3v) is 13.7. The summed E-state index contributed by atoms with van der Waals surface area (Å²) in [4.78, 5) is 0. The zero-order chi connectivity index (χ0) is 10.1. The summed E-state index contributed by atoms with van der Waals surface area (Å²) in [7, 11) is -1.70. The van der Waals surface area contributed by atoms with Crippen molar-refractivity contribution in [3.8, 4) is 0 Å². The van der Waals surface area contributed by atoms with Gasteiger partial charge in [0.05, 0.1) is 0 Å². The number of hydrogen-bond donors (Lipinski definition) is 0. The van der Waals surface area contributed by atoms with E-state index < -0.39 is 8.29 Å². The van der Waals surface area contributed by atoms with Crippen LogP contribution >= 0.6 is 8.29 Å². The second-order valence-corrected chi connectivity index (χ2v) is 16.4. The van der Waals surface area contributed by atoms with Crippen molar-refractivity contribution in [1.29, 1.82) is 0 Å². The molecule has 12 heavy (non-hydrogen) atoms. The first-order valence-corrected chi connectivity index (χ1v) is 9.22. The van der Waals surface area contributed by atoms with Crippen molar-refractivity contribution >= 4 is 8.29 Å². The molecule has 0 nitrogen and oxygen atoms in total. The van der Waals surface area contributed by atoms with E-state index in [1.165, 1.54) is 17.9 Å². The van der Waals surface area contributed by atoms with Crippen LogP contribution in [0.1, 0.15) is 34.1 Å². The van der Waals surface area contributed by atoms with Gasteiger partial charge in [0, 0.05) is 0 Å². The molecule has 0 rings (SSSR count). The van der Waals surface area contributed by atoms with Crippen molar-refractivity contribution in [1.82, 2.24) is 0 Å². The van der Waals surface area contributed by atoms with Crippen LogP contribution in [0.25, 0.3) is 0 Å². The summed E-state index contributed by atoms with van der Waals surface area (Å²) >= 11 is 0. The van der Waals surface area contributed by atoms with Gasteiger partial charge in [-0.1, -0.05) is 27.7 Å². The lowest BCUT2D eigenvalue weighted by Crippen LogP contribution is -2.46. The van der Waals surface area contributed by atoms with E-state index >= 15 is 0 Å². The van der Waals surface area contributed by atoms with E-state index in [1.54, 1.807) is 0 Å². The van der Waals surface area contributed by atoms with E-state index in [0.717, 1.165) is 5.25 Å². The number of hydrogen-bond acceptors (Lipinski definition) is 0. The molecule has 0 amide bonds. The molecule has 0 aliphatic heterocycles. The molecule has 0 bridgehead atoms. The third kappa shape index (κ3) is 1.81. The van der Waals surface area contributed by atoms with Gasteiger partial charge in [-0.3, -0.25) is 8.29 Å². The van der Waals surface area contributed by atoms with Gasteiger partial charge < -0.3 is 0 Å². The summed E-state index contributed by atoms with van der Waals surface area (Å²) in [5.74, 6) is 2.73. The minimum Gasteiger partial charge on any atom is -0.279 e. The topological polar surface area (TPSA) is 0 Å². The predicted molar refractivity (Wildman–Crippen MR) is 66.2 cm³/mol. The Morgan fingerprint density at radius 3 is 1.33 bits per heavy atom. The van der Waals surface area contributed by atoms with Crippen LogP contribution in [0.5, 0.6) is 0 Å². The molecular weight excluding hydrogens is 164 g/mol. The summed E-state index contributed by atoms with van der Waals surface area (Å²) in [5, 5.41) is 0.889. The lowest BCUT2D eigenvalue weighted by Gasteiger charge is -2.75. The maximum atomic E-state index is 2.56. The van der Waals surface area contributed by atoms with Crippen LogP contribution < -0.4 is 0 Å². The monoisotopic (exact) mass is 192 g/mol. The van der Waals surface area contributed by atoms with Crippen molar-refractivity contribution in [2.45, 2.75) is 39.4 Å². The molecule has 0 spiro atoms. The van der Waals surface area contributed by atoms with Gasteiger partial charge in [-0.05, 0) is 41.9 Å². The van der Waals surface area contributed by atoms with Gasteiger partial charge in [-0.15, -0.1) is 0 Å². The largest absolute Gasteiger partial charge is 0.279 e. The lowest BCUT2D eigenvalue weighted by molar-refractivity contribution is 0.867. The Hall–Kier alpha value is 0.350. The van der Waals surface area contributed by atoms with Gasteiger partial charge >= 0.3 is 0 Å². The summed E-state index contributed by atoms with van der Waals surface area (Å²) in [6.07, 6.45) is 9.02. The van der Waals surface area contributed by atoms with Crippen LogP contribution in [-0.4, -0.2) is 35.5 Å². The molecule has 78 valence electrons. The van der Waals surface area contributed by atoms with Crippen molar-refractivity contribution in [2.24, 2.45) is 0 Å². The Balaban J connectivity index is 5.14. The van der Waals surface area contributed by atoms with Gasteiger partial charge in [-0.25, -0.2) is 0 Å². The van der Waals surface area contributed by atoms with E-state index in [4.69, 9.17) is 0 Å². The standard InChI is InChI=1S/C11H28S/c1-8-11(4)12(5,6,7,9-2)10-3/h11H,8-10H2,1-7H3. The second-order valence-electron chi connectivity index (χ2n) is 6.00. The molecule has 0 aromatic rings. The van der Waals surface area contributed by atoms with Gasteiger partial charge in [0.2, 0.25) is 0 Å². The molecule has 0 aromatic carbocycles. The molecular formula is C11H28S. The summed E-state index contributed by atoms with van der Waals surface area (Å²) in [6, 6.07) is 0. The van der Waals surface area contributed by atoms with Gasteiger partial charge in [0.25, 0.3) is 0 Å². The first-order chi connectivity index (χ1) is 5.14. The fourth-order valence-electron chi connectivity index (χ4n) is 1.51. The second kappa shape index (κ2) is 2.67. The maximum absolute atomic E-state index is 2.56. The summed E-state index contributed by atoms with van der Waals surface area (Å²) in [6.45, 7) is 9.51. The minimum absolute atomic E-state index is 0.889. The molecule has 1 atom stereocenters. The van der Waals surface area contributed by atoms with Crippen LogP contribution in [0, 0.1) is 0 Å². The van der Waals surface area contributed by atoms with Crippen LogP contribution in [0.2, 0.25) is 0 Å². The Morgan fingerprint density at radius 2 is 1.25 bits per heavy atom. The fourth-order valence-corrected chi connectivity index (χ4v) is 4.53. The predicted octanol–water partition coefficient (Wildman–Crippen LogP) is 3.59. The Kier molecular flexibility index (Phi) is 2.75. The highest BCUT2D eigenvalue weighted by Gasteiger charge is 2.48. The SMILES string of the molecule is CCC(C)S(C)(C)(C)(CC)CC. The average Bonchev–Trinajstić information content (AvgIpc) is 2.04. The molecule has 1 unspecified atom stereocenters. The fraction of sp³-hybridized carbons (Fsp3) is 1.00. The van der Waals surface area contributed by atoms with Crippen LogP contribution in [0.4, 0.5) is 0 Å². The van der Waals surface area contributed by atoms with Crippen molar-refractivity contribution in [3.05, 3.63) is 0 Å². The Labute approximate surface area is 78.4 Å². The van der Waals surface area contributed by atoms with Crippen LogP contribution in [0.15, 0.2) is 0 Å². The highest BCUT2D eigenvalue weighted by Crippen LogP contribution is 2.84. The van der Waals surface area contributed by atoms with E-state index in [9.17, 15) is 0 Å². The molecule has 0 saturated carbocycles. The molecule has 1 heteroatoms. The highest BCUT2D eigenvalue weighted by atomic mass is 32.4. The number of rotatable bonds is 4. The molecule has 0 radical (unpaired) electrons. The Bertz CT molecular complexity index is 160. The quantitative estimate of drug-likeness (QED) is 0.638. The van der Waals surface area contributed by atoms with Crippen molar-refractivity contribution in [3.63, 3.8) is 0 Å². The molecule has 0 heterocycles. The highest BCUT2D eigenvalue weighted by molar-refractivity contribution is 8.63. The normalized spacial score (nSPS) is 21.2. The zero-order valence-corrected chi connectivity index (χ0v) is 10.9. The van der Waals surface area contributed by atoms with E-state index in [2.05, 4.69) is 46.5 Å². The zero-order valence-electron chi connectivity index (χ0n) is 10.1. The summed E-state index contributed by atoms with van der Waals surface area (Å²) < 4.78 is 0. The first-order valence-electron chi connectivity index (χ1n) is 5.14. The molecule has 0 aromatic heterocycles. The van der Waals surface area contributed by atoms with Gasteiger partial charge in [0.1, 0.15) is 0 Å². The molecule has 0 aliphatic rings. The lowest BCUT2D eigenvalue weighted by atomic mass is 10.4. The smallest absolute Gasteiger partial charge is 0.0256 e. The van der Waals surface area contributed by atoms with Crippen LogP contribution in [0.3, 0.4) is 0 Å². The average molecular weight is 192 g/mol. The molecule has 0 saturated heterocycles. The molecule has 0 fully saturated rings. The minimum atomic E-state index is -1.70. The molecule has 0 aliphatic carbocycles. The van der Waals surface area contributed by atoms with Gasteiger partial charge in [-0.2, -0.15) is 0 Å². The van der Waals surface area contributed by atoms with E-state index in [1.807, 2.05) is 0 Å². The van der Waals surface area contributed by atoms with Gasteiger partial charge in [0.15, 0.2) is 0 Å².